The van der Waals surface area contributed by atoms with Gasteiger partial charge in [-0.1, -0.05) is 36.9 Å². The number of carbonyl (C=O) groups is 1. The molecule has 1 rings (SSSR count). The van der Waals surface area contributed by atoms with Gasteiger partial charge in [0.2, 0.25) is 5.91 Å². The molecule has 0 bridgehead atoms. The molecule has 1 aromatic heterocycles. The second kappa shape index (κ2) is 5.28. The Labute approximate surface area is 90.4 Å². The summed E-state index contributed by atoms with van der Waals surface area (Å²) in [6, 6.07) is 0. The number of nitrogens with zero attached hydrogens (tertiary/aromatic N) is 2. The smallest absolute Gasteiger partial charge is 0.247 e. The fourth-order valence-corrected chi connectivity index (χ4v) is 2.60. The molecule has 0 radical (unpaired) electrons. The molecule has 3 N–H and O–H groups in total. The maximum absolute atomic E-state index is 11.4. The minimum absolute atomic E-state index is 0.180. The van der Waals surface area contributed by atoms with Crippen LogP contribution in [-0.2, 0) is 4.79 Å². The van der Waals surface area contributed by atoms with Crippen molar-refractivity contribution < 1.29 is 4.79 Å². The van der Waals surface area contributed by atoms with Crippen molar-refractivity contribution in [2.24, 2.45) is 11.8 Å². The first-order valence-electron chi connectivity index (χ1n) is 4.08. The largest absolute Gasteiger partial charge is 0.293 e. The molecule has 1 unspecified atom stereocenters. The van der Waals surface area contributed by atoms with Crippen molar-refractivity contribution in [3.8, 4) is 0 Å². The molecule has 0 saturated heterocycles. The van der Waals surface area contributed by atoms with Crippen molar-refractivity contribution in [2.75, 3.05) is 0 Å². The number of rotatable bonds is 4. The average Bonchev–Trinajstić information content (AvgIpc) is 2.65. The number of hydrogen-bond acceptors (Lipinski definition) is 6. The van der Waals surface area contributed by atoms with Gasteiger partial charge in [-0.15, -0.1) is 10.2 Å². The van der Waals surface area contributed by atoms with Crippen LogP contribution in [0.3, 0.4) is 0 Å². The Hall–Kier alpha value is -0.660. The van der Waals surface area contributed by atoms with Gasteiger partial charge in [-0.25, -0.2) is 5.84 Å². The van der Waals surface area contributed by atoms with Crippen LogP contribution in [0.15, 0.2) is 9.85 Å². The molecule has 0 fully saturated rings. The molecule has 1 atom stereocenters. The fourth-order valence-electron chi connectivity index (χ4n) is 0.897. The number of thioether (sulfide) groups is 1. The molecule has 14 heavy (non-hydrogen) atoms. The summed E-state index contributed by atoms with van der Waals surface area (Å²) in [4.78, 5) is 11.4. The van der Waals surface area contributed by atoms with Crippen LogP contribution in [0.4, 0.5) is 0 Å². The van der Waals surface area contributed by atoms with E-state index in [1.807, 2.05) is 13.8 Å². The zero-order valence-corrected chi connectivity index (χ0v) is 9.56. The predicted octanol–water partition coefficient (Wildman–Crippen LogP) is 0.645. The lowest BCUT2D eigenvalue weighted by molar-refractivity contribution is -0.121. The molecular formula is C7H12N4OS2. The van der Waals surface area contributed by atoms with Gasteiger partial charge in [0.15, 0.2) is 4.34 Å². The summed E-state index contributed by atoms with van der Waals surface area (Å²) in [5, 5.41) is 7.36. The molecule has 0 aliphatic rings. The topological polar surface area (TPSA) is 80.9 Å². The van der Waals surface area contributed by atoms with Crippen LogP contribution in [0.2, 0.25) is 0 Å². The Morgan fingerprint density at radius 2 is 2.43 bits per heavy atom. The van der Waals surface area contributed by atoms with Crippen molar-refractivity contribution in [3.63, 3.8) is 0 Å². The lowest BCUT2D eigenvalue weighted by Crippen LogP contribution is -2.39. The number of aromatic nitrogens is 2. The molecule has 1 heterocycles. The molecule has 1 amide bonds. The van der Waals surface area contributed by atoms with E-state index >= 15 is 0 Å². The first kappa shape index (κ1) is 11.4. The minimum Gasteiger partial charge on any atom is -0.293 e. The number of nitrogens with one attached hydrogen (secondary N) is 1. The monoisotopic (exact) mass is 232 g/mol. The van der Waals surface area contributed by atoms with Crippen molar-refractivity contribution in [1.29, 1.82) is 0 Å². The highest BCUT2D eigenvalue weighted by Gasteiger charge is 2.23. The van der Waals surface area contributed by atoms with Crippen molar-refractivity contribution in [2.45, 2.75) is 23.4 Å². The zero-order chi connectivity index (χ0) is 10.6. The molecule has 0 spiro atoms. The average molecular weight is 232 g/mol. The van der Waals surface area contributed by atoms with Gasteiger partial charge in [0, 0.05) is 0 Å². The molecule has 0 saturated carbocycles. The zero-order valence-electron chi connectivity index (χ0n) is 7.93. The molecule has 5 nitrogen and oxygen atoms in total. The van der Waals surface area contributed by atoms with Gasteiger partial charge >= 0.3 is 0 Å². The van der Waals surface area contributed by atoms with Crippen LogP contribution in [0.1, 0.15) is 13.8 Å². The number of amides is 1. The molecule has 78 valence electrons. The molecule has 0 aliphatic heterocycles. The van der Waals surface area contributed by atoms with Gasteiger partial charge in [0.25, 0.3) is 0 Å². The number of hydrogen-bond donors (Lipinski definition) is 2. The van der Waals surface area contributed by atoms with Gasteiger partial charge in [0.05, 0.1) is 5.25 Å². The third kappa shape index (κ3) is 2.93. The van der Waals surface area contributed by atoms with Crippen LogP contribution in [0, 0.1) is 5.92 Å². The summed E-state index contributed by atoms with van der Waals surface area (Å²) in [6.07, 6.45) is 0. The molecule has 0 aliphatic carbocycles. The van der Waals surface area contributed by atoms with E-state index in [1.54, 1.807) is 5.51 Å². The summed E-state index contributed by atoms with van der Waals surface area (Å²) < 4.78 is 0.785. The van der Waals surface area contributed by atoms with Crippen LogP contribution < -0.4 is 11.3 Å². The second-order valence-corrected chi connectivity index (χ2v) is 5.22. The maximum Gasteiger partial charge on any atom is 0.247 e. The van der Waals surface area contributed by atoms with E-state index in [-0.39, 0.29) is 17.1 Å². The van der Waals surface area contributed by atoms with Crippen LogP contribution >= 0.6 is 23.1 Å². The first-order chi connectivity index (χ1) is 6.65. The lowest BCUT2D eigenvalue weighted by Gasteiger charge is -2.16. The van der Waals surface area contributed by atoms with Gasteiger partial charge in [-0.05, 0) is 5.92 Å². The fraction of sp³-hybridized carbons (Fsp3) is 0.571. The summed E-state index contributed by atoms with van der Waals surface area (Å²) >= 11 is 2.81. The Kier molecular flexibility index (Phi) is 4.30. The van der Waals surface area contributed by atoms with E-state index in [0.717, 1.165) is 4.34 Å². The van der Waals surface area contributed by atoms with Gasteiger partial charge in [-0.3, -0.25) is 10.2 Å². The summed E-state index contributed by atoms with van der Waals surface area (Å²) in [5.41, 5.74) is 3.79. The normalized spacial score (nSPS) is 12.9. The Balaban J connectivity index is 2.65. The number of nitrogens with two attached hydrogens (primary N) is 1. The van der Waals surface area contributed by atoms with Crippen LogP contribution in [0.25, 0.3) is 0 Å². The van der Waals surface area contributed by atoms with E-state index in [2.05, 4.69) is 15.6 Å². The highest BCUT2D eigenvalue weighted by atomic mass is 32.2. The quantitative estimate of drug-likeness (QED) is 0.345. The summed E-state index contributed by atoms with van der Waals surface area (Å²) in [7, 11) is 0. The molecule has 0 aromatic carbocycles. The summed E-state index contributed by atoms with van der Waals surface area (Å²) in [6.45, 7) is 3.93. The highest BCUT2D eigenvalue weighted by molar-refractivity contribution is 8.02. The Morgan fingerprint density at radius 3 is 2.86 bits per heavy atom. The van der Waals surface area contributed by atoms with Crippen molar-refractivity contribution >= 4 is 29.0 Å². The SMILES string of the molecule is CC(C)C(Sc1nncs1)C(=O)NN. The highest BCUT2D eigenvalue weighted by Crippen LogP contribution is 2.28. The van der Waals surface area contributed by atoms with Gasteiger partial charge < -0.3 is 0 Å². The molecule has 1 aromatic rings. The van der Waals surface area contributed by atoms with E-state index in [0.29, 0.717) is 0 Å². The maximum atomic E-state index is 11.4. The number of hydrazine groups is 1. The van der Waals surface area contributed by atoms with E-state index in [1.165, 1.54) is 23.1 Å². The summed E-state index contributed by atoms with van der Waals surface area (Å²) in [5.74, 6) is 5.12. The third-order valence-electron chi connectivity index (χ3n) is 1.57. The van der Waals surface area contributed by atoms with Crippen molar-refractivity contribution in [3.05, 3.63) is 5.51 Å². The van der Waals surface area contributed by atoms with Gasteiger partial charge in [-0.2, -0.15) is 0 Å². The number of carbonyl (C=O) groups excluding carboxylic acids is 1. The van der Waals surface area contributed by atoms with E-state index in [4.69, 9.17) is 5.84 Å². The second-order valence-electron chi connectivity index (χ2n) is 3.00. The Morgan fingerprint density at radius 1 is 1.71 bits per heavy atom. The van der Waals surface area contributed by atoms with Gasteiger partial charge in [0.1, 0.15) is 5.51 Å². The molecule has 7 heteroatoms. The minimum atomic E-state index is -0.215. The van der Waals surface area contributed by atoms with Crippen molar-refractivity contribution in [1.82, 2.24) is 15.6 Å². The van der Waals surface area contributed by atoms with Crippen LogP contribution in [0.5, 0.6) is 0 Å². The lowest BCUT2D eigenvalue weighted by atomic mass is 10.1. The molecular weight excluding hydrogens is 220 g/mol. The Bertz CT molecular complexity index is 288. The first-order valence-corrected chi connectivity index (χ1v) is 5.84. The standard InChI is InChI=1S/C7H12N4OS2/c1-4(2)5(6(12)10-8)14-7-11-9-3-13-7/h3-5H,8H2,1-2H3,(H,10,12). The van der Waals surface area contributed by atoms with E-state index in [9.17, 15) is 4.79 Å². The van der Waals surface area contributed by atoms with E-state index < -0.39 is 0 Å². The predicted molar refractivity (Wildman–Crippen MR) is 56.7 cm³/mol. The van der Waals surface area contributed by atoms with Crippen LogP contribution in [-0.4, -0.2) is 21.4 Å². The third-order valence-corrected chi connectivity index (χ3v) is 3.93.